The second-order valence-corrected chi connectivity index (χ2v) is 5.97. The van der Waals surface area contributed by atoms with Gasteiger partial charge in [-0.15, -0.1) is 0 Å². The number of halogens is 2. The highest BCUT2D eigenvalue weighted by molar-refractivity contribution is 6.42. The largest absolute Gasteiger partial charge is 0.370 e. The van der Waals surface area contributed by atoms with Crippen molar-refractivity contribution in [3.05, 3.63) is 28.2 Å². The summed E-state index contributed by atoms with van der Waals surface area (Å²) in [5.41, 5.74) is 5.80. The van der Waals surface area contributed by atoms with E-state index in [0.717, 1.165) is 12.8 Å². The molecule has 0 radical (unpaired) electrons. The second kappa shape index (κ2) is 7.00. The molecule has 0 unspecified atom stereocenters. The summed E-state index contributed by atoms with van der Waals surface area (Å²) in [6, 6.07) is 4.78. The molecular weight excluding hydrogens is 313 g/mol. The Morgan fingerprint density at radius 3 is 2.48 bits per heavy atom. The first-order valence-corrected chi connectivity index (χ1v) is 7.50. The maximum atomic E-state index is 12.1. The quantitative estimate of drug-likeness (QED) is 0.893. The molecule has 0 aromatic heterocycles. The maximum absolute atomic E-state index is 12.1. The van der Waals surface area contributed by atoms with Crippen molar-refractivity contribution in [1.82, 2.24) is 4.90 Å². The number of benzene rings is 1. The van der Waals surface area contributed by atoms with Crippen molar-refractivity contribution in [3.63, 3.8) is 0 Å². The second-order valence-electron chi connectivity index (χ2n) is 5.16. The first kappa shape index (κ1) is 15.9. The molecular formula is C14H17Cl2N3O2. The molecule has 1 heterocycles. The van der Waals surface area contributed by atoms with Crippen molar-refractivity contribution >= 4 is 40.8 Å². The normalized spacial score (nSPS) is 15.8. The summed E-state index contributed by atoms with van der Waals surface area (Å²) in [6.07, 6.45) is 1.97. The lowest BCUT2D eigenvalue weighted by Gasteiger charge is -2.31. The minimum absolute atomic E-state index is 0.175. The summed E-state index contributed by atoms with van der Waals surface area (Å²) in [4.78, 5) is 24.8. The van der Waals surface area contributed by atoms with Crippen LogP contribution in [-0.4, -0.2) is 29.9 Å². The predicted molar refractivity (Wildman–Crippen MR) is 83.6 cm³/mol. The van der Waals surface area contributed by atoms with Crippen LogP contribution in [0, 0.1) is 5.92 Å². The average Bonchev–Trinajstić information content (AvgIpc) is 2.43. The number of hydrogen-bond donors (Lipinski definition) is 2. The van der Waals surface area contributed by atoms with Gasteiger partial charge in [0.05, 0.1) is 10.0 Å². The van der Waals surface area contributed by atoms with Crippen molar-refractivity contribution in [3.8, 4) is 0 Å². The van der Waals surface area contributed by atoms with Gasteiger partial charge < -0.3 is 16.0 Å². The van der Waals surface area contributed by atoms with Crippen LogP contribution < -0.4 is 11.1 Å². The van der Waals surface area contributed by atoms with Gasteiger partial charge in [-0.3, -0.25) is 4.79 Å². The number of rotatable bonds is 3. The van der Waals surface area contributed by atoms with E-state index in [0.29, 0.717) is 35.2 Å². The first-order valence-electron chi connectivity index (χ1n) is 6.75. The standard InChI is InChI=1S/C14H17Cl2N3O2/c15-11-2-1-10(8-12(11)16)18-14(21)19-5-3-9(4-6-19)7-13(17)20/h1-2,8-9H,3-7H2,(H2,17,20)(H,18,21). The molecule has 3 N–H and O–H groups in total. The zero-order valence-corrected chi connectivity index (χ0v) is 13.0. The third-order valence-electron chi connectivity index (χ3n) is 3.56. The molecule has 0 bridgehead atoms. The third-order valence-corrected chi connectivity index (χ3v) is 4.30. The first-order chi connectivity index (χ1) is 9.95. The monoisotopic (exact) mass is 329 g/mol. The molecule has 2 rings (SSSR count). The highest BCUT2D eigenvalue weighted by Crippen LogP contribution is 2.26. The van der Waals surface area contributed by atoms with Crippen LogP contribution in [0.4, 0.5) is 10.5 Å². The lowest BCUT2D eigenvalue weighted by atomic mass is 9.93. The van der Waals surface area contributed by atoms with Gasteiger partial charge in [-0.05, 0) is 37.0 Å². The molecule has 1 aromatic carbocycles. The van der Waals surface area contributed by atoms with Crippen LogP contribution in [0.1, 0.15) is 19.3 Å². The number of amides is 3. The Labute approximate surface area is 133 Å². The van der Waals surface area contributed by atoms with E-state index in [2.05, 4.69) is 5.32 Å². The maximum Gasteiger partial charge on any atom is 0.321 e. The van der Waals surface area contributed by atoms with Gasteiger partial charge in [0.2, 0.25) is 5.91 Å². The molecule has 1 aromatic rings. The van der Waals surface area contributed by atoms with E-state index < -0.39 is 0 Å². The highest BCUT2D eigenvalue weighted by atomic mass is 35.5. The predicted octanol–water partition coefficient (Wildman–Crippen LogP) is 3.11. The van der Waals surface area contributed by atoms with Crippen LogP contribution in [0.3, 0.4) is 0 Å². The van der Waals surface area contributed by atoms with E-state index in [1.807, 2.05) is 0 Å². The van der Waals surface area contributed by atoms with Crippen LogP contribution in [0.25, 0.3) is 0 Å². The SMILES string of the molecule is NC(=O)CC1CCN(C(=O)Nc2ccc(Cl)c(Cl)c2)CC1. The number of nitrogens with zero attached hydrogens (tertiary/aromatic N) is 1. The Morgan fingerprint density at radius 1 is 1.24 bits per heavy atom. The molecule has 3 amide bonds. The Morgan fingerprint density at radius 2 is 1.90 bits per heavy atom. The topological polar surface area (TPSA) is 75.4 Å². The summed E-state index contributed by atoms with van der Waals surface area (Å²) in [7, 11) is 0. The summed E-state index contributed by atoms with van der Waals surface area (Å²) in [6.45, 7) is 1.23. The summed E-state index contributed by atoms with van der Waals surface area (Å²) >= 11 is 11.7. The van der Waals surface area contributed by atoms with Crippen LogP contribution in [0.15, 0.2) is 18.2 Å². The molecule has 1 saturated heterocycles. The molecule has 5 nitrogen and oxygen atoms in total. The lowest BCUT2D eigenvalue weighted by molar-refractivity contribution is -0.119. The van der Waals surface area contributed by atoms with Gasteiger partial charge in [0.25, 0.3) is 0 Å². The number of nitrogens with two attached hydrogens (primary N) is 1. The smallest absolute Gasteiger partial charge is 0.321 e. The minimum atomic E-state index is -0.284. The third kappa shape index (κ3) is 4.51. The fourth-order valence-corrected chi connectivity index (χ4v) is 2.70. The van der Waals surface area contributed by atoms with Gasteiger partial charge in [0, 0.05) is 25.2 Å². The van der Waals surface area contributed by atoms with Crippen molar-refractivity contribution in [2.75, 3.05) is 18.4 Å². The van der Waals surface area contributed by atoms with Gasteiger partial charge in [0.1, 0.15) is 0 Å². The lowest BCUT2D eigenvalue weighted by Crippen LogP contribution is -2.41. The van der Waals surface area contributed by atoms with Crippen molar-refractivity contribution < 1.29 is 9.59 Å². The van der Waals surface area contributed by atoms with Gasteiger partial charge in [-0.2, -0.15) is 0 Å². The van der Waals surface area contributed by atoms with Crippen LogP contribution in [-0.2, 0) is 4.79 Å². The van der Waals surface area contributed by atoms with Crippen LogP contribution in [0.2, 0.25) is 10.0 Å². The Balaban J connectivity index is 1.87. The molecule has 1 aliphatic rings. The number of carbonyl (C=O) groups excluding carboxylic acids is 2. The van der Waals surface area contributed by atoms with Crippen molar-refractivity contribution in [1.29, 1.82) is 0 Å². The number of carbonyl (C=O) groups is 2. The molecule has 0 aliphatic carbocycles. The molecule has 7 heteroatoms. The number of hydrogen-bond acceptors (Lipinski definition) is 2. The van der Waals surface area contributed by atoms with Crippen LogP contribution >= 0.6 is 23.2 Å². The number of likely N-dealkylation sites (tertiary alicyclic amines) is 1. The molecule has 0 atom stereocenters. The summed E-state index contributed by atoms with van der Waals surface area (Å²) in [5.74, 6) is -0.00904. The minimum Gasteiger partial charge on any atom is -0.370 e. The molecule has 21 heavy (non-hydrogen) atoms. The fraction of sp³-hybridized carbons (Fsp3) is 0.429. The number of anilines is 1. The zero-order valence-electron chi connectivity index (χ0n) is 11.4. The molecule has 114 valence electrons. The van der Waals surface area contributed by atoms with Gasteiger partial charge in [0.15, 0.2) is 0 Å². The highest BCUT2D eigenvalue weighted by Gasteiger charge is 2.23. The van der Waals surface area contributed by atoms with E-state index in [4.69, 9.17) is 28.9 Å². The molecule has 1 aliphatic heterocycles. The van der Waals surface area contributed by atoms with Gasteiger partial charge in [-0.25, -0.2) is 4.79 Å². The van der Waals surface area contributed by atoms with Gasteiger partial charge >= 0.3 is 6.03 Å². The molecule has 0 saturated carbocycles. The Kier molecular flexibility index (Phi) is 5.31. The summed E-state index contributed by atoms with van der Waals surface area (Å²) in [5, 5.41) is 3.63. The van der Waals surface area contributed by atoms with E-state index in [9.17, 15) is 9.59 Å². The number of urea groups is 1. The number of piperidine rings is 1. The molecule has 0 spiro atoms. The average molecular weight is 330 g/mol. The number of primary amides is 1. The molecule has 1 fully saturated rings. The summed E-state index contributed by atoms with van der Waals surface area (Å²) < 4.78 is 0. The zero-order chi connectivity index (χ0) is 15.4. The van der Waals surface area contributed by atoms with E-state index >= 15 is 0 Å². The number of nitrogens with one attached hydrogen (secondary N) is 1. The van der Waals surface area contributed by atoms with E-state index in [-0.39, 0.29) is 17.9 Å². The van der Waals surface area contributed by atoms with Crippen molar-refractivity contribution in [2.24, 2.45) is 11.7 Å². The Bertz CT molecular complexity index is 543. The van der Waals surface area contributed by atoms with E-state index in [1.54, 1.807) is 23.1 Å². The van der Waals surface area contributed by atoms with E-state index in [1.165, 1.54) is 0 Å². The van der Waals surface area contributed by atoms with Crippen LogP contribution in [0.5, 0.6) is 0 Å². The van der Waals surface area contributed by atoms with Crippen molar-refractivity contribution in [2.45, 2.75) is 19.3 Å². The van der Waals surface area contributed by atoms with Gasteiger partial charge in [-0.1, -0.05) is 23.2 Å². The fourth-order valence-electron chi connectivity index (χ4n) is 2.40. The Hall–Kier alpha value is -1.46.